The fourth-order valence-electron chi connectivity index (χ4n) is 5.49. The third kappa shape index (κ3) is 4.57. The van der Waals surface area contributed by atoms with Crippen LogP contribution in [-0.2, 0) is 12.5 Å². The molecule has 192 valence electrons. The van der Waals surface area contributed by atoms with Gasteiger partial charge in [-0.05, 0) is 82.1 Å². The number of fused-ring (bicyclic) bond motifs is 1. The highest BCUT2D eigenvalue weighted by Gasteiger charge is 2.28. The van der Waals surface area contributed by atoms with E-state index in [0.717, 1.165) is 5.69 Å². The summed E-state index contributed by atoms with van der Waals surface area (Å²) in [4.78, 5) is 0. The molecule has 0 radical (unpaired) electrons. The van der Waals surface area contributed by atoms with Crippen molar-refractivity contribution in [2.24, 2.45) is 7.05 Å². The lowest BCUT2D eigenvalue weighted by Gasteiger charge is -2.20. The SMILES string of the molecule is Cc1ccc(C(C)(C)C)cc1-c1n(-c2ccc(-c3ccccc3)cc2)c2ccc(-c3ccccc3)cc2[n+]1C. The van der Waals surface area contributed by atoms with E-state index in [-0.39, 0.29) is 5.41 Å². The summed E-state index contributed by atoms with van der Waals surface area (Å²) in [7, 11) is 2.20. The van der Waals surface area contributed by atoms with Crippen molar-refractivity contribution in [1.29, 1.82) is 0 Å². The van der Waals surface area contributed by atoms with Crippen molar-refractivity contribution in [3.05, 3.63) is 132 Å². The molecule has 1 heterocycles. The summed E-state index contributed by atoms with van der Waals surface area (Å²) in [5.74, 6) is 1.19. The van der Waals surface area contributed by atoms with Crippen molar-refractivity contribution < 1.29 is 4.57 Å². The molecule has 0 aliphatic carbocycles. The Morgan fingerprint density at radius 1 is 0.590 bits per heavy atom. The molecule has 39 heavy (non-hydrogen) atoms. The van der Waals surface area contributed by atoms with Crippen LogP contribution in [0.4, 0.5) is 0 Å². The molecule has 0 aliphatic heterocycles. The molecule has 0 amide bonds. The Morgan fingerprint density at radius 3 is 1.77 bits per heavy atom. The number of aromatic nitrogens is 2. The molecule has 5 aromatic carbocycles. The van der Waals surface area contributed by atoms with Gasteiger partial charge in [-0.2, -0.15) is 4.57 Å². The Labute approximate surface area is 231 Å². The number of rotatable bonds is 4. The Hall–Kier alpha value is -4.43. The normalized spacial score (nSPS) is 11.7. The van der Waals surface area contributed by atoms with E-state index in [1.807, 2.05) is 0 Å². The van der Waals surface area contributed by atoms with E-state index in [1.54, 1.807) is 0 Å². The van der Waals surface area contributed by atoms with Gasteiger partial charge in [-0.25, -0.2) is 4.57 Å². The number of hydrogen-bond donors (Lipinski definition) is 0. The predicted octanol–water partition coefficient (Wildman–Crippen LogP) is 9.06. The molecule has 6 aromatic rings. The standard InChI is InChI=1S/C37H35N2/c1-26-16-20-31(37(2,3)4)25-33(26)36-38(5)35-24-30(28-14-10-7-11-15-28)19-23-34(35)39(36)32-21-17-29(18-22-32)27-12-8-6-9-13-27/h6-25H,1-5H3/q+1. The van der Waals surface area contributed by atoms with E-state index in [0.29, 0.717) is 0 Å². The minimum atomic E-state index is 0.0652. The van der Waals surface area contributed by atoms with Crippen LogP contribution in [0.3, 0.4) is 0 Å². The fraction of sp³-hybridized carbons (Fsp3) is 0.162. The zero-order valence-electron chi connectivity index (χ0n) is 23.4. The zero-order valence-corrected chi connectivity index (χ0v) is 23.4. The lowest BCUT2D eigenvalue weighted by molar-refractivity contribution is -0.633. The van der Waals surface area contributed by atoms with Crippen LogP contribution < -0.4 is 4.57 Å². The topological polar surface area (TPSA) is 8.81 Å². The number of nitrogens with zero attached hydrogens (tertiary/aromatic N) is 2. The Balaban J connectivity index is 1.61. The highest BCUT2D eigenvalue weighted by atomic mass is 15.2. The second-order valence-electron chi connectivity index (χ2n) is 11.5. The molecule has 0 saturated heterocycles. The number of imidazole rings is 1. The molecule has 6 rings (SSSR count). The lowest BCUT2D eigenvalue weighted by atomic mass is 9.85. The van der Waals surface area contributed by atoms with Gasteiger partial charge in [-0.1, -0.05) is 106 Å². The first-order valence-electron chi connectivity index (χ1n) is 13.7. The largest absolute Gasteiger partial charge is 0.295 e. The van der Waals surface area contributed by atoms with Crippen LogP contribution in [0.2, 0.25) is 0 Å². The van der Waals surface area contributed by atoms with Crippen molar-refractivity contribution >= 4 is 11.0 Å². The van der Waals surface area contributed by atoms with E-state index in [2.05, 4.69) is 165 Å². The number of benzene rings is 5. The maximum atomic E-state index is 2.42. The predicted molar refractivity (Wildman–Crippen MR) is 164 cm³/mol. The first-order chi connectivity index (χ1) is 18.8. The average molecular weight is 508 g/mol. The summed E-state index contributed by atoms with van der Waals surface area (Å²) in [6.07, 6.45) is 0. The fourth-order valence-corrected chi connectivity index (χ4v) is 5.49. The molecular weight excluding hydrogens is 472 g/mol. The molecule has 0 bridgehead atoms. The maximum Gasteiger partial charge on any atom is 0.295 e. The molecule has 1 aromatic heterocycles. The minimum absolute atomic E-state index is 0.0652. The van der Waals surface area contributed by atoms with Crippen molar-refractivity contribution in [1.82, 2.24) is 4.57 Å². The first-order valence-corrected chi connectivity index (χ1v) is 13.7. The third-order valence-electron chi connectivity index (χ3n) is 7.79. The van der Waals surface area contributed by atoms with Crippen LogP contribution >= 0.6 is 0 Å². The summed E-state index contributed by atoms with van der Waals surface area (Å²) in [6.45, 7) is 9.07. The van der Waals surface area contributed by atoms with Gasteiger partial charge in [0.25, 0.3) is 5.82 Å². The monoisotopic (exact) mass is 507 g/mol. The van der Waals surface area contributed by atoms with Gasteiger partial charge in [0.1, 0.15) is 5.69 Å². The second-order valence-corrected chi connectivity index (χ2v) is 11.5. The second kappa shape index (κ2) is 9.71. The Morgan fingerprint density at radius 2 is 1.15 bits per heavy atom. The molecule has 0 fully saturated rings. The molecule has 0 atom stereocenters. The molecule has 0 spiro atoms. The van der Waals surface area contributed by atoms with E-state index >= 15 is 0 Å². The van der Waals surface area contributed by atoms with Gasteiger partial charge in [0.15, 0.2) is 11.0 Å². The molecule has 0 saturated carbocycles. The molecular formula is C37H35N2+. The van der Waals surface area contributed by atoms with Crippen LogP contribution in [0.15, 0.2) is 121 Å². The van der Waals surface area contributed by atoms with Crippen LogP contribution in [0.1, 0.15) is 31.9 Å². The molecule has 2 heteroatoms. The van der Waals surface area contributed by atoms with Crippen LogP contribution in [0.5, 0.6) is 0 Å². The van der Waals surface area contributed by atoms with E-state index in [4.69, 9.17) is 0 Å². The summed E-state index contributed by atoms with van der Waals surface area (Å²) in [6, 6.07) is 43.9. The first kappa shape index (κ1) is 24.9. The minimum Gasteiger partial charge on any atom is -0.225 e. The van der Waals surface area contributed by atoms with E-state index in [9.17, 15) is 0 Å². The van der Waals surface area contributed by atoms with Gasteiger partial charge in [-0.15, -0.1) is 0 Å². The summed E-state index contributed by atoms with van der Waals surface area (Å²) >= 11 is 0. The average Bonchev–Trinajstić information content (AvgIpc) is 3.25. The Bertz CT molecular complexity index is 1770. The van der Waals surface area contributed by atoms with Crippen molar-refractivity contribution in [3.63, 3.8) is 0 Å². The summed E-state index contributed by atoms with van der Waals surface area (Å²) in [5, 5.41) is 0. The smallest absolute Gasteiger partial charge is 0.225 e. The van der Waals surface area contributed by atoms with Crippen molar-refractivity contribution in [3.8, 4) is 39.3 Å². The van der Waals surface area contributed by atoms with Crippen LogP contribution in [0, 0.1) is 6.92 Å². The number of hydrogen-bond acceptors (Lipinski definition) is 0. The van der Waals surface area contributed by atoms with Crippen molar-refractivity contribution in [2.45, 2.75) is 33.1 Å². The van der Waals surface area contributed by atoms with Gasteiger partial charge >= 0.3 is 0 Å². The molecule has 2 nitrogen and oxygen atoms in total. The Kier molecular flexibility index (Phi) is 6.19. The van der Waals surface area contributed by atoms with Gasteiger partial charge in [-0.3, -0.25) is 0 Å². The number of aryl methyl sites for hydroxylation is 2. The molecule has 0 N–H and O–H groups in total. The summed E-state index contributed by atoms with van der Waals surface area (Å²) < 4.78 is 4.79. The molecule has 0 aliphatic rings. The zero-order chi connectivity index (χ0) is 27.1. The van der Waals surface area contributed by atoms with Crippen LogP contribution in [-0.4, -0.2) is 4.57 Å². The van der Waals surface area contributed by atoms with Gasteiger partial charge in [0.2, 0.25) is 0 Å². The highest BCUT2D eigenvalue weighted by molar-refractivity contribution is 5.84. The van der Waals surface area contributed by atoms with Gasteiger partial charge in [0, 0.05) is 0 Å². The third-order valence-corrected chi connectivity index (χ3v) is 7.79. The lowest BCUT2D eigenvalue weighted by Crippen LogP contribution is -2.30. The maximum absolute atomic E-state index is 2.42. The van der Waals surface area contributed by atoms with Crippen molar-refractivity contribution in [2.75, 3.05) is 0 Å². The quantitative estimate of drug-likeness (QED) is 0.210. The van der Waals surface area contributed by atoms with Crippen LogP contribution in [0.25, 0.3) is 50.4 Å². The molecule has 0 unspecified atom stereocenters. The highest BCUT2D eigenvalue weighted by Crippen LogP contribution is 2.34. The van der Waals surface area contributed by atoms with E-state index < -0.39 is 0 Å². The van der Waals surface area contributed by atoms with Gasteiger partial charge < -0.3 is 0 Å². The van der Waals surface area contributed by atoms with E-state index in [1.165, 1.54) is 55.8 Å². The summed E-state index contributed by atoms with van der Waals surface area (Å²) in [5.41, 5.74) is 12.4. The van der Waals surface area contributed by atoms with Gasteiger partial charge in [0.05, 0.1) is 12.6 Å².